The zero-order valence-electron chi connectivity index (χ0n) is 20.0. The molecule has 4 aromatic rings. The van der Waals surface area contributed by atoms with E-state index in [1.165, 1.54) is 17.0 Å². The van der Waals surface area contributed by atoms with E-state index in [1.807, 2.05) is 6.07 Å². The summed E-state index contributed by atoms with van der Waals surface area (Å²) < 4.78 is 26.3. The molecule has 2 aromatic carbocycles. The first kappa shape index (κ1) is 25.5. The second-order valence-electron chi connectivity index (χ2n) is 8.03. The molecule has 1 unspecified atom stereocenters. The first-order chi connectivity index (χ1) is 17.7. The predicted molar refractivity (Wildman–Crippen MR) is 139 cm³/mol. The third-order valence-electron chi connectivity index (χ3n) is 5.26. The number of fused-ring (bicyclic) bond motifs is 1. The summed E-state index contributed by atoms with van der Waals surface area (Å²) in [6.07, 6.45) is 3.78. The van der Waals surface area contributed by atoms with Crippen molar-refractivity contribution >= 4 is 32.7 Å². The molecule has 12 heteroatoms. The fourth-order valence-corrected chi connectivity index (χ4v) is 3.96. The molecule has 0 aliphatic heterocycles. The molecule has 4 N–H and O–H groups in total. The number of amides is 1. The Labute approximate surface area is 212 Å². The summed E-state index contributed by atoms with van der Waals surface area (Å²) in [5.41, 5.74) is 6.66. The summed E-state index contributed by atoms with van der Waals surface area (Å²) in [5.74, 6) is 5.28. The molecule has 0 spiro atoms. The molecule has 37 heavy (non-hydrogen) atoms. The Kier molecular flexibility index (Phi) is 7.28. The van der Waals surface area contributed by atoms with Gasteiger partial charge in [0.1, 0.15) is 5.82 Å². The molecule has 0 aliphatic carbocycles. The minimum Gasteiger partial charge on any atom is -0.382 e. The summed E-state index contributed by atoms with van der Waals surface area (Å²) in [6.45, 7) is 1.58. The van der Waals surface area contributed by atoms with E-state index in [-0.39, 0.29) is 29.3 Å². The van der Waals surface area contributed by atoms with Crippen LogP contribution in [0.1, 0.15) is 34.8 Å². The van der Waals surface area contributed by atoms with E-state index in [0.29, 0.717) is 16.8 Å². The Hall–Kier alpha value is -4.60. The molecule has 0 bridgehead atoms. The van der Waals surface area contributed by atoms with E-state index in [4.69, 9.17) is 10.7 Å². The molecule has 11 nitrogen and oxygen atoms in total. The van der Waals surface area contributed by atoms with Gasteiger partial charge in [-0.05, 0) is 31.2 Å². The average molecular weight is 518 g/mol. The number of sulfonamides is 1. The predicted octanol–water partition coefficient (Wildman–Crippen LogP) is 1.15. The number of rotatable bonds is 6. The van der Waals surface area contributed by atoms with E-state index < -0.39 is 27.5 Å². The Balaban J connectivity index is 1.83. The fraction of sp³-hybridized carbons (Fsp3) is 0.160. The van der Waals surface area contributed by atoms with Gasteiger partial charge in [0.25, 0.3) is 11.5 Å². The van der Waals surface area contributed by atoms with Crippen LogP contribution >= 0.6 is 0 Å². The maximum Gasteiger partial charge on any atom is 0.274 e. The molecule has 0 aliphatic rings. The molecule has 0 fully saturated rings. The van der Waals surface area contributed by atoms with Gasteiger partial charge in [-0.15, -0.1) is 0 Å². The van der Waals surface area contributed by atoms with Crippen LogP contribution in [0.5, 0.6) is 0 Å². The van der Waals surface area contributed by atoms with Gasteiger partial charge in [0.2, 0.25) is 10.0 Å². The highest BCUT2D eigenvalue weighted by Gasteiger charge is 2.22. The van der Waals surface area contributed by atoms with Crippen molar-refractivity contribution < 1.29 is 13.2 Å². The summed E-state index contributed by atoms with van der Waals surface area (Å²) in [7, 11) is -3.40. The molecule has 1 amide bonds. The number of aromatic nitrogens is 4. The van der Waals surface area contributed by atoms with Crippen molar-refractivity contribution in [3.05, 3.63) is 88.4 Å². The number of anilines is 1. The number of nitrogen functional groups attached to an aromatic ring is 1. The number of carbonyl (C=O) groups is 1. The van der Waals surface area contributed by atoms with Gasteiger partial charge in [-0.3, -0.25) is 14.2 Å². The molecule has 0 saturated carbocycles. The highest BCUT2D eigenvalue weighted by molar-refractivity contribution is 7.88. The van der Waals surface area contributed by atoms with E-state index in [2.05, 4.69) is 31.8 Å². The number of nitrogens with two attached hydrogens (primary N) is 1. The molecule has 4 rings (SSSR count). The van der Waals surface area contributed by atoms with Gasteiger partial charge in [-0.25, -0.2) is 28.1 Å². The number of benzene rings is 2. The molecule has 2 aromatic heterocycles. The van der Waals surface area contributed by atoms with Crippen LogP contribution in [-0.4, -0.2) is 46.6 Å². The van der Waals surface area contributed by atoms with Gasteiger partial charge >= 0.3 is 0 Å². The lowest BCUT2D eigenvalue weighted by atomic mass is 10.1. The number of nitrogens with one attached hydrogen (secondary N) is 2. The third-order valence-corrected chi connectivity index (χ3v) is 5.93. The summed E-state index contributed by atoms with van der Waals surface area (Å²) >= 11 is 0. The molecule has 188 valence electrons. The van der Waals surface area contributed by atoms with Crippen LogP contribution in [0.3, 0.4) is 0 Å². The van der Waals surface area contributed by atoms with Gasteiger partial charge in [-0.2, -0.15) is 0 Å². The van der Waals surface area contributed by atoms with Crippen LogP contribution in [0.4, 0.5) is 5.82 Å². The largest absolute Gasteiger partial charge is 0.382 e. The zero-order chi connectivity index (χ0) is 26.6. The van der Waals surface area contributed by atoms with Crippen LogP contribution in [0, 0.1) is 11.8 Å². The van der Waals surface area contributed by atoms with E-state index in [9.17, 15) is 18.0 Å². The van der Waals surface area contributed by atoms with E-state index in [0.717, 1.165) is 6.26 Å². The van der Waals surface area contributed by atoms with Crippen LogP contribution in [-0.2, 0) is 10.0 Å². The van der Waals surface area contributed by atoms with Crippen molar-refractivity contribution in [3.8, 4) is 17.5 Å². The number of carbonyl (C=O) groups excluding carboxylic acids is 1. The molecule has 0 saturated heterocycles. The zero-order valence-corrected chi connectivity index (χ0v) is 20.8. The number of para-hydroxylation sites is 1. The third kappa shape index (κ3) is 5.80. The minimum atomic E-state index is -3.40. The number of hydrogen-bond donors (Lipinski definition) is 3. The topological polar surface area (TPSA) is 162 Å². The molecular formula is C25H23N7O4S. The van der Waals surface area contributed by atoms with Crippen LogP contribution in [0.25, 0.3) is 16.6 Å². The summed E-state index contributed by atoms with van der Waals surface area (Å²) in [5, 5.41) is 3.05. The first-order valence-corrected chi connectivity index (χ1v) is 13.0. The highest BCUT2D eigenvalue weighted by Crippen LogP contribution is 2.20. The van der Waals surface area contributed by atoms with Crippen molar-refractivity contribution in [1.82, 2.24) is 29.6 Å². The smallest absolute Gasteiger partial charge is 0.274 e. The monoisotopic (exact) mass is 517 g/mol. The standard InChI is InChI=1S/C25H23N7O4S/c1-16(30-24(33)21-22(26)28-15-14-27-21)23-31-19-12-6-8-17(9-7-13-29-37(2,35)36)20(19)25(34)32(23)18-10-4-3-5-11-18/h3-6,8,10-12,14-16,29H,13H2,1-2H3,(H2,26,28)(H,30,33). The van der Waals surface area contributed by atoms with Crippen LogP contribution < -0.4 is 21.3 Å². The van der Waals surface area contributed by atoms with Crippen molar-refractivity contribution in [2.45, 2.75) is 13.0 Å². The lowest BCUT2D eigenvalue weighted by molar-refractivity contribution is 0.0933. The quantitative estimate of drug-likeness (QED) is 0.321. The van der Waals surface area contributed by atoms with Crippen molar-refractivity contribution in [2.24, 2.45) is 0 Å². The van der Waals surface area contributed by atoms with Crippen molar-refractivity contribution in [3.63, 3.8) is 0 Å². The van der Waals surface area contributed by atoms with Gasteiger partial charge in [-0.1, -0.05) is 36.1 Å². The molecule has 1 atom stereocenters. The molecule has 2 heterocycles. The van der Waals surface area contributed by atoms with Gasteiger partial charge in [0.15, 0.2) is 11.5 Å². The first-order valence-electron chi connectivity index (χ1n) is 11.1. The van der Waals surface area contributed by atoms with Gasteiger partial charge in [0, 0.05) is 18.0 Å². The van der Waals surface area contributed by atoms with E-state index in [1.54, 1.807) is 49.4 Å². The lowest BCUT2D eigenvalue weighted by Gasteiger charge is -2.20. The Morgan fingerprint density at radius 2 is 1.84 bits per heavy atom. The van der Waals surface area contributed by atoms with Gasteiger partial charge < -0.3 is 11.1 Å². The number of hydrogen-bond acceptors (Lipinski definition) is 8. The number of nitrogens with zero attached hydrogens (tertiary/aromatic N) is 4. The Bertz CT molecular complexity index is 1710. The van der Waals surface area contributed by atoms with Crippen LogP contribution in [0.15, 0.2) is 65.7 Å². The minimum absolute atomic E-state index is 0.0206. The van der Waals surface area contributed by atoms with E-state index >= 15 is 0 Å². The normalized spacial score (nSPS) is 11.9. The second-order valence-corrected chi connectivity index (χ2v) is 9.86. The summed E-state index contributed by atoms with van der Waals surface area (Å²) in [4.78, 5) is 39.3. The average Bonchev–Trinajstić information content (AvgIpc) is 2.86. The Morgan fingerprint density at radius 1 is 1.11 bits per heavy atom. The lowest BCUT2D eigenvalue weighted by Crippen LogP contribution is -2.34. The maximum atomic E-state index is 13.9. The highest BCUT2D eigenvalue weighted by atomic mass is 32.2. The molecule has 0 radical (unpaired) electrons. The maximum absolute atomic E-state index is 13.9. The van der Waals surface area contributed by atoms with Crippen molar-refractivity contribution in [1.29, 1.82) is 0 Å². The SMILES string of the molecule is CC(NC(=O)c1nccnc1N)c1nc2cccc(C#CCNS(C)(=O)=O)c2c(=O)n1-c1ccccc1. The molecular weight excluding hydrogens is 494 g/mol. The van der Waals surface area contributed by atoms with Crippen molar-refractivity contribution in [2.75, 3.05) is 18.5 Å². The van der Waals surface area contributed by atoms with Crippen LogP contribution in [0.2, 0.25) is 0 Å². The second kappa shape index (κ2) is 10.6. The fourth-order valence-electron chi connectivity index (χ4n) is 3.63. The summed E-state index contributed by atoms with van der Waals surface area (Å²) in [6, 6.07) is 13.2. The Morgan fingerprint density at radius 3 is 2.54 bits per heavy atom. The van der Waals surface area contributed by atoms with Gasteiger partial charge in [0.05, 0.1) is 35.4 Å².